The van der Waals surface area contributed by atoms with E-state index in [9.17, 15) is 19.2 Å². The average molecular weight is 717 g/mol. The number of benzene rings is 4. The minimum Gasteiger partial charge on any atom is -0.497 e. The molecule has 12 nitrogen and oxygen atoms in total. The molecule has 0 spiro atoms. The number of carbonyl (C=O) groups excluding carboxylic acids is 2. The first-order valence-corrected chi connectivity index (χ1v) is 15.2. The van der Waals surface area contributed by atoms with Crippen molar-refractivity contribution in [2.45, 2.75) is 20.0 Å². The van der Waals surface area contributed by atoms with Gasteiger partial charge in [0.1, 0.15) is 28.7 Å². The smallest absolute Gasteiger partial charge is 0.365 e. The summed E-state index contributed by atoms with van der Waals surface area (Å²) in [6, 6.07) is 21.1. The number of carbonyl (C=O) groups is 2. The third-order valence-corrected chi connectivity index (χ3v) is 7.93. The maximum atomic E-state index is 13.7. The van der Waals surface area contributed by atoms with Crippen LogP contribution in [0.5, 0.6) is 28.7 Å². The van der Waals surface area contributed by atoms with Crippen molar-refractivity contribution in [1.29, 1.82) is 0 Å². The van der Waals surface area contributed by atoms with E-state index in [-0.39, 0.29) is 11.3 Å². The second kappa shape index (κ2) is 14.4. The number of rotatable bonds is 11. The van der Waals surface area contributed by atoms with Crippen LogP contribution in [0.3, 0.4) is 0 Å². The van der Waals surface area contributed by atoms with Gasteiger partial charge in [-0.3, -0.25) is 14.6 Å². The zero-order valence-electron chi connectivity index (χ0n) is 26.5. The van der Waals surface area contributed by atoms with E-state index in [1.165, 1.54) is 26.4 Å². The van der Waals surface area contributed by atoms with Gasteiger partial charge in [-0.1, -0.05) is 12.1 Å². The van der Waals surface area contributed by atoms with Gasteiger partial charge in [0.15, 0.2) is 6.10 Å². The number of aromatic amines is 1. The highest BCUT2D eigenvalue weighted by molar-refractivity contribution is 9.10. The van der Waals surface area contributed by atoms with Crippen LogP contribution in [0.1, 0.15) is 43.6 Å². The van der Waals surface area contributed by atoms with E-state index in [0.717, 1.165) is 4.68 Å². The second-order valence-electron chi connectivity index (χ2n) is 10.5. The summed E-state index contributed by atoms with van der Waals surface area (Å²) < 4.78 is 29.0. The van der Waals surface area contributed by atoms with Crippen molar-refractivity contribution in [3.8, 4) is 34.4 Å². The summed E-state index contributed by atoms with van der Waals surface area (Å²) in [5.74, 6) is 0.988. The largest absolute Gasteiger partial charge is 0.497 e. The molecule has 246 valence electrons. The Morgan fingerprint density at radius 1 is 0.792 bits per heavy atom. The number of hydrogen-bond donors (Lipinski definition) is 1. The molecular weight excluding hydrogens is 686 g/mol. The second-order valence-corrected chi connectivity index (χ2v) is 11.3. The maximum Gasteiger partial charge on any atom is 0.365 e. The summed E-state index contributed by atoms with van der Waals surface area (Å²) in [7, 11) is 4.55. The summed E-state index contributed by atoms with van der Waals surface area (Å²) in [5, 5.41) is 4.07. The summed E-state index contributed by atoms with van der Waals surface area (Å²) in [4.78, 5) is 55.1. The Hall–Kier alpha value is -5.69. The van der Waals surface area contributed by atoms with Gasteiger partial charge in [0, 0.05) is 11.1 Å². The van der Waals surface area contributed by atoms with Crippen LogP contribution in [-0.4, -0.2) is 47.8 Å². The number of halogens is 1. The van der Waals surface area contributed by atoms with Crippen LogP contribution in [0.15, 0.2) is 92.9 Å². The summed E-state index contributed by atoms with van der Waals surface area (Å²) >= 11 is 3.44. The van der Waals surface area contributed by atoms with Crippen LogP contribution < -0.4 is 30.2 Å². The molecule has 1 atom stereocenters. The van der Waals surface area contributed by atoms with Crippen LogP contribution in [0.4, 0.5) is 0 Å². The topological polar surface area (TPSA) is 148 Å². The molecule has 5 rings (SSSR count). The maximum absolute atomic E-state index is 13.7. The molecule has 1 aromatic heterocycles. The lowest BCUT2D eigenvalue weighted by molar-refractivity contribution is 0.0270. The normalized spacial score (nSPS) is 11.4. The molecule has 0 radical (unpaired) electrons. The molecule has 0 saturated heterocycles. The van der Waals surface area contributed by atoms with Gasteiger partial charge < -0.3 is 23.7 Å². The van der Waals surface area contributed by atoms with Crippen LogP contribution in [0.25, 0.3) is 5.69 Å². The molecule has 0 aliphatic heterocycles. The van der Waals surface area contributed by atoms with Gasteiger partial charge in [0.05, 0.1) is 31.5 Å². The van der Waals surface area contributed by atoms with E-state index in [1.807, 2.05) is 0 Å². The predicted octanol–water partition coefficient (Wildman–Crippen LogP) is 5.90. The fraction of sp³-hybridized carbons (Fsp3) is 0.171. The Bertz CT molecular complexity index is 2080. The van der Waals surface area contributed by atoms with Crippen molar-refractivity contribution in [2.24, 2.45) is 0 Å². The van der Waals surface area contributed by atoms with Gasteiger partial charge >= 0.3 is 11.7 Å². The summed E-state index contributed by atoms with van der Waals surface area (Å²) in [6.07, 6.45) is -1.46. The van der Waals surface area contributed by atoms with E-state index in [2.05, 4.69) is 26.0 Å². The summed E-state index contributed by atoms with van der Waals surface area (Å²) in [6.45, 7) is 3.56. The molecule has 0 aliphatic carbocycles. The number of ketones is 1. The van der Waals surface area contributed by atoms with Crippen molar-refractivity contribution < 1.29 is 33.3 Å². The number of nitrogens with one attached hydrogen (secondary N) is 1. The lowest BCUT2D eigenvalue weighted by Gasteiger charge is -2.18. The number of H-pyrrole nitrogens is 1. The third kappa shape index (κ3) is 7.15. The molecule has 1 unspecified atom stereocenters. The lowest BCUT2D eigenvalue weighted by atomic mass is 9.99. The van der Waals surface area contributed by atoms with E-state index in [0.29, 0.717) is 49.9 Å². The van der Waals surface area contributed by atoms with Gasteiger partial charge in [-0.05, 0) is 108 Å². The van der Waals surface area contributed by atoms with Crippen molar-refractivity contribution in [3.63, 3.8) is 0 Å². The average Bonchev–Trinajstić information content (AvgIpc) is 3.08. The summed E-state index contributed by atoms with van der Waals surface area (Å²) in [5.41, 5.74) is -0.601. The number of aryl methyl sites for hydroxylation is 2. The third-order valence-electron chi connectivity index (χ3n) is 7.31. The molecule has 1 N–H and O–H groups in total. The number of methoxy groups -OCH3 is 3. The minimum absolute atomic E-state index is 0.228. The standard InChI is InChI=1S/C35H30BrN3O9/c1-19-16-23(17-20(2)31(19)47-26-14-15-28(46-5)27(36)18-26)39-35(43)37-33(41)29(38-39)34(42)48-32(22-8-12-25(45-4)13-9-22)30(40)21-6-10-24(44-3)11-7-21/h6-18,32H,1-5H3,(H,37,41,43). The number of hydrogen-bond acceptors (Lipinski definition) is 10. The molecule has 0 bridgehead atoms. The highest BCUT2D eigenvalue weighted by Crippen LogP contribution is 2.35. The van der Waals surface area contributed by atoms with Crippen molar-refractivity contribution in [3.05, 3.63) is 132 Å². The number of ether oxygens (including phenoxy) is 5. The van der Waals surface area contributed by atoms with Gasteiger partial charge in [-0.15, -0.1) is 0 Å². The Morgan fingerprint density at radius 3 is 1.94 bits per heavy atom. The van der Waals surface area contributed by atoms with Crippen LogP contribution in [-0.2, 0) is 4.74 Å². The van der Waals surface area contributed by atoms with Crippen molar-refractivity contribution >= 4 is 27.7 Å². The van der Waals surface area contributed by atoms with Gasteiger partial charge in [-0.2, -0.15) is 9.78 Å². The fourth-order valence-electron chi connectivity index (χ4n) is 4.87. The number of esters is 1. The molecule has 0 fully saturated rings. The van der Waals surface area contributed by atoms with Crippen LogP contribution in [0.2, 0.25) is 0 Å². The van der Waals surface area contributed by atoms with Gasteiger partial charge in [0.25, 0.3) is 5.56 Å². The van der Waals surface area contributed by atoms with E-state index in [4.69, 9.17) is 23.7 Å². The zero-order valence-corrected chi connectivity index (χ0v) is 28.1. The predicted molar refractivity (Wildman–Crippen MR) is 179 cm³/mol. The monoisotopic (exact) mass is 715 g/mol. The Labute approximate surface area is 282 Å². The molecule has 4 aromatic carbocycles. The van der Waals surface area contributed by atoms with Crippen LogP contribution >= 0.6 is 15.9 Å². The molecule has 13 heteroatoms. The lowest BCUT2D eigenvalue weighted by Crippen LogP contribution is -2.37. The quantitative estimate of drug-likeness (QED) is 0.129. The molecule has 5 aromatic rings. The van der Waals surface area contributed by atoms with Gasteiger partial charge in [0.2, 0.25) is 11.5 Å². The fourth-order valence-corrected chi connectivity index (χ4v) is 5.39. The van der Waals surface area contributed by atoms with Crippen molar-refractivity contribution in [2.75, 3.05) is 21.3 Å². The molecule has 1 heterocycles. The molecule has 0 saturated carbocycles. The Balaban J connectivity index is 1.48. The Kier molecular flexibility index (Phi) is 10.1. The zero-order chi connectivity index (χ0) is 34.5. The van der Waals surface area contributed by atoms with E-state index in [1.54, 1.807) is 87.7 Å². The SMILES string of the molecule is COc1ccc(C(=O)C(OC(=O)c2nn(-c3cc(C)c(Oc4ccc(OC)c(Br)c4)c(C)c3)c(=O)[nH]c2=O)c2ccc(OC)cc2)cc1. The number of aromatic nitrogens is 3. The first-order valence-electron chi connectivity index (χ1n) is 14.4. The van der Waals surface area contributed by atoms with E-state index >= 15 is 0 Å². The molecule has 48 heavy (non-hydrogen) atoms. The highest BCUT2D eigenvalue weighted by atomic mass is 79.9. The molecular formula is C35H30BrN3O9. The Morgan fingerprint density at radius 2 is 1.38 bits per heavy atom. The van der Waals surface area contributed by atoms with Crippen LogP contribution in [0, 0.1) is 13.8 Å². The number of nitrogens with zero attached hydrogens (tertiary/aromatic N) is 2. The highest BCUT2D eigenvalue weighted by Gasteiger charge is 2.29. The van der Waals surface area contributed by atoms with Crippen molar-refractivity contribution in [1.82, 2.24) is 14.8 Å². The van der Waals surface area contributed by atoms with Gasteiger partial charge in [-0.25, -0.2) is 9.59 Å². The molecule has 0 amide bonds. The first-order chi connectivity index (χ1) is 23.0. The number of Topliss-reactive ketones (excluding diaryl/α,β-unsaturated/α-hetero) is 1. The minimum atomic E-state index is -1.46. The van der Waals surface area contributed by atoms with E-state index < -0.39 is 34.8 Å². The molecule has 0 aliphatic rings. The first kappa shape index (κ1) is 33.7.